The van der Waals surface area contributed by atoms with E-state index in [1.54, 1.807) is 25.3 Å². The SMILES string of the molecule is Cc1noc(-c2cc(Cl)ccn2)n1. The molecule has 0 spiro atoms. The van der Waals surface area contributed by atoms with E-state index in [9.17, 15) is 0 Å². The number of aryl methyl sites for hydroxylation is 1. The molecule has 0 radical (unpaired) electrons. The van der Waals surface area contributed by atoms with Gasteiger partial charge in [-0.15, -0.1) is 0 Å². The first-order valence-corrected chi connectivity index (χ1v) is 4.06. The zero-order valence-corrected chi connectivity index (χ0v) is 7.62. The first-order valence-electron chi connectivity index (χ1n) is 3.68. The lowest BCUT2D eigenvalue weighted by Gasteiger charge is -1.92. The lowest BCUT2D eigenvalue weighted by Crippen LogP contribution is -1.82. The number of hydrogen-bond donors (Lipinski definition) is 0. The summed E-state index contributed by atoms with van der Waals surface area (Å²) < 4.78 is 4.92. The largest absolute Gasteiger partial charge is 0.332 e. The number of aromatic nitrogens is 3. The van der Waals surface area contributed by atoms with Crippen molar-refractivity contribution in [1.29, 1.82) is 0 Å². The summed E-state index contributed by atoms with van der Waals surface area (Å²) in [7, 11) is 0. The number of rotatable bonds is 1. The van der Waals surface area contributed by atoms with E-state index in [2.05, 4.69) is 15.1 Å². The summed E-state index contributed by atoms with van der Waals surface area (Å²) in [6.07, 6.45) is 1.59. The molecule has 2 aromatic heterocycles. The minimum absolute atomic E-state index is 0.389. The first kappa shape index (κ1) is 8.19. The molecule has 0 atom stereocenters. The normalized spacial score (nSPS) is 10.3. The van der Waals surface area contributed by atoms with E-state index in [4.69, 9.17) is 16.1 Å². The highest BCUT2D eigenvalue weighted by Crippen LogP contribution is 2.17. The van der Waals surface area contributed by atoms with Crippen molar-refractivity contribution in [2.45, 2.75) is 6.92 Å². The maximum atomic E-state index is 5.77. The van der Waals surface area contributed by atoms with E-state index < -0.39 is 0 Å². The molecule has 0 saturated heterocycles. The molecule has 0 aliphatic heterocycles. The summed E-state index contributed by atoms with van der Waals surface area (Å²) in [5, 5.41) is 4.25. The van der Waals surface area contributed by atoms with Gasteiger partial charge in [-0.2, -0.15) is 4.98 Å². The standard InChI is InChI=1S/C8H6ClN3O/c1-5-11-8(13-12-5)7-4-6(9)2-3-10-7/h2-4H,1H3. The number of nitrogens with zero attached hydrogens (tertiary/aromatic N) is 3. The maximum Gasteiger partial charge on any atom is 0.276 e. The van der Waals surface area contributed by atoms with Crippen LogP contribution in [0.3, 0.4) is 0 Å². The van der Waals surface area contributed by atoms with Crippen molar-refractivity contribution in [3.63, 3.8) is 0 Å². The summed E-state index contributed by atoms with van der Waals surface area (Å²) in [6, 6.07) is 3.36. The fourth-order valence-corrected chi connectivity index (χ4v) is 1.08. The second-order valence-electron chi connectivity index (χ2n) is 2.51. The van der Waals surface area contributed by atoms with Crippen LogP contribution in [-0.2, 0) is 0 Å². The van der Waals surface area contributed by atoms with Crippen LogP contribution in [0.1, 0.15) is 5.82 Å². The van der Waals surface area contributed by atoms with Crippen molar-refractivity contribution in [3.8, 4) is 11.6 Å². The highest BCUT2D eigenvalue weighted by molar-refractivity contribution is 6.30. The monoisotopic (exact) mass is 195 g/mol. The molecule has 0 N–H and O–H groups in total. The third-order valence-corrected chi connectivity index (χ3v) is 1.70. The molecule has 0 fully saturated rings. The predicted molar refractivity (Wildman–Crippen MR) is 47.3 cm³/mol. The Bertz CT molecular complexity index is 427. The molecular weight excluding hydrogens is 190 g/mol. The summed E-state index contributed by atoms with van der Waals surface area (Å²) in [4.78, 5) is 8.07. The average molecular weight is 196 g/mol. The Morgan fingerprint density at radius 1 is 1.46 bits per heavy atom. The lowest BCUT2D eigenvalue weighted by molar-refractivity contribution is 0.424. The highest BCUT2D eigenvalue weighted by Gasteiger charge is 2.07. The second-order valence-corrected chi connectivity index (χ2v) is 2.94. The van der Waals surface area contributed by atoms with Gasteiger partial charge in [0.2, 0.25) is 0 Å². The van der Waals surface area contributed by atoms with Gasteiger partial charge in [-0.1, -0.05) is 16.8 Å². The van der Waals surface area contributed by atoms with Gasteiger partial charge in [0.25, 0.3) is 5.89 Å². The van der Waals surface area contributed by atoms with Crippen LogP contribution in [0.15, 0.2) is 22.9 Å². The molecule has 2 aromatic rings. The fraction of sp³-hybridized carbons (Fsp3) is 0.125. The van der Waals surface area contributed by atoms with E-state index in [1.807, 2.05) is 0 Å². The third-order valence-electron chi connectivity index (χ3n) is 1.47. The number of pyridine rings is 1. The zero-order chi connectivity index (χ0) is 9.26. The first-order chi connectivity index (χ1) is 6.25. The molecule has 2 rings (SSSR count). The quantitative estimate of drug-likeness (QED) is 0.699. The topological polar surface area (TPSA) is 51.8 Å². The van der Waals surface area contributed by atoms with E-state index in [0.717, 1.165) is 0 Å². The van der Waals surface area contributed by atoms with Gasteiger partial charge in [0, 0.05) is 11.2 Å². The third kappa shape index (κ3) is 1.67. The van der Waals surface area contributed by atoms with Crippen molar-refractivity contribution < 1.29 is 4.52 Å². The molecule has 5 heteroatoms. The molecular formula is C8H6ClN3O. The average Bonchev–Trinajstić information content (AvgIpc) is 2.52. The second kappa shape index (κ2) is 3.14. The van der Waals surface area contributed by atoms with Crippen LogP contribution in [0, 0.1) is 6.92 Å². The van der Waals surface area contributed by atoms with Gasteiger partial charge >= 0.3 is 0 Å². The van der Waals surface area contributed by atoms with Gasteiger partial charge in [-0.25, -0.2) is 0 Å². The van der Waals surface area contributed by atoms with Crippen molar-refractivity contribution in [2.24, 2.45) is 0 Å². The van der Waals surface area contributed by atoms with Crippen molar-refractivity contribution in [2.75, 3.05) is 0 Å². The molecule has 0 bridgehead atoms. The summed E-state index contributed by atoms with van der Waals surface area (Å²) in [6.45, 7) is 1.75. The maximum absolute atomic E-state index is 5.77. The molecule has 0 aromatic carbocycles. The molecule has 0 saturated carbocycles. The van der Waals surface area contributed by atoms with Gasteiger partial charge in [0.15, 0.2) is 5.82 Å². The number of halogens is 1. The Labute approximate surface area is 79.6 Å². The van der Waals surface area contributed by atoms with Crippen LogP contribution >= 0.6 is 11.6 Å². The molecule has 66 valence electrons. The lowest BCUT2D eigenvalue weighted by atomic mass is 10.3. The Hall–Kier alpha value is -1.42. The number of hydrogen-bond acceptors (Lipinski definition) is 4. The van der Waals surface area contributed by atoms with Gasteiger partial charge in [0.05, 0.1) is 0 Å². The van der Waals surface area contributed by atoms with Gasteiger partial charge in [-0.05, 0) is 19.1 Å². The minimum Gasteiger partial charge on any atom is -0.332 e. The molecule has 13 heavy (non-hydrogen) atoms. The van der Waals surface area contributed by atoms with Gasteiger partial charge < -0.3 is 4.52 Å². The van der Waals surface area contributed by atoms with Crippen molar-refractivity contribution >= 4 is 11.6 Å². The van der Waals surface area contributed by atoms with Crippen molar-refractivity contribution in [1.82, 2.24) is 15.1 Å². The smallest absolute Gasteiger partial charge is 0.276 e. The molecule has 4 nitrogen and oxygen atoms in total. The summed E-state index contributed by atoms with van der Waals surface area (Å²) >= 11 is 5.77. The zero-order valence-electron chi connectivity index (χ0n) is 6.86. The fourth-order valence-electron chi connectivity index (χ4n) is 0.923. The van der Waals surface area contributed by atoms with E-state index >= 15 is 0 Å². The van der Waals surface area contributed by atoms with E-state index in [0.29, 0.717) is 22.4 Å². The van der Waals surface area contributed by atoms with Gasteiger partial charge in [-0.3, -0.25) is 4.98 Å². The predicted octanol–water partition coefficient (Wildman–Crippen LogP) is 2.09. The Balaban J connectivity index is 2.46. The van der Waals surface area contributed by atoms with Crippen LogP contribution in [0.25, 0.3) is 11.6 Å². The molecule has 0 aliphatic rings. The summed E-state index contributed by atoms with van der Waals surface area (Å²) in [5.74, 6) is 0.969. The molecule has 0 unspecified atom stereocenters. The Kier molecular flexibility index (Phi) is 1.98. The van der Waals surface area contributed by atoms with E-state index in [1.165, 1.54) is 0 Å². The van der Waals surface area contributed by atoms with Crippen LogP contribution in [-0.4, -0.2) is 15.1 Å². The van der Waals surface area contributed by atoms with Crippen molar-refractivity contribution in [3.05, 3.63) is 29.2 Å². The Morgan fingerprint density at radius 3 is 2.92 bits per heavy atom. The van der Waals surface area contributed by atoms with Crippen LogP contribution in [0.4, 0.5) is 0 Å². The van der Waals surface area contributed by atoms with Crippen LogP contribution in [0.2, 0.25) is 5.02 Å². The van der Waals surface area contributed by atoms with Crippen LogP contribution < -0.4 is 0 Å². The Morgan fingerprint density at radius 2 is 2.31 bits per heavy atom. The van der Waals surface area contributed by atoms with E-state index in [-0.39, 0.29) is 0 Å². The molecule has 0 amide bonds. The van der Waals surface area contributed by atoms with Gasteiger partial charge in [0.1, 0.15) is 5.69 Å². The molecule has 0 aliphatic carbocycles. The highest BCUT2D eigenvalue weighted by atomic mass is 35.5. The molecule has 2 heterocycles. The van der Waals surface area contributed by atoms with Crippen LogP contribution in [0.5, 0.6) is 0 Å². The minimum atomic E-state index is 0.389. The summed E-state index contributed by atoms with van der Waals surface area (Å²) in [5.41, 5.74) is 0.591.